The molecule has 1 N–H and O–H groups in total. The Morgan fingerprint density at radius 3 is 2.30 bits per heavy atom. The van der Waals surface area contributed by atoms with Crippen LogP contribution in [0.4, 0.5) is 10.7 Å². The number of nitrogens with zero attached hydrogens (tertiary/aromatic N) is 2. The molecule has 1 aromatic heterocycles. The van der Waals surface area contributed by atoms with Gasteiger partial charge in [-0.05, 0) is 38.5 Å². The molecule has 0 atom stereocenters. The van der Waals surface area contributed by atoms with E-state index in [0.717, 1.165) is 30.1 Å². The van der Waals surface area contributed by atoms with Gasteiger partial charge in [-0.1, -0.05) is 23.7 Å². The van der Waals surface area contributed by atoms with E-state index in [-0.39, 0.29) is 36.1 Å². The molecule has 1 aromatic carbocycles. The molecule has 0 bridgehead atoms. The van der Waals surface area contributed by atoms with Gasteiger partial charge >= 0.3 is 11.9 Å². The Labute approximate surface area is 202 Å². The predicted octanol–water partition coefficient (Wildman–Crippen LogP) is 3.82. The fraction of sp³-hybridized carbons (Fsp3) is 0.435. The molecular formula is C23H28ClN3O5S. The molecule has 1 aliphatic heterocycles. The van der Waals surface area contributed by atoms with E-state index in [0.29, 0.717) is 28.7 Å². The van der Waals surface area contributed by atoms with Crippen LogP contribution in [0.25, 0.3) is 0 Å². The van der Waals surface area contributed by atoms with Crippen molar-refractivity contribution in [3.8, 4) is 0 Å². The number of para-hydroxylation sites is 1. The van der Waals surface area contributed by atoms with E-state index < -0.39 is 11.9 Å². The zero-order chi connectivity index (χ0) is 24.0. The second kappa shape index (κ2) is 11.5. The van der Waals surface area contributed by atoms with Crippen molar-refractivity contribution in [2.75, 3.05) is 56.2 Å². The molecule has 8 nitrogen and oxygen atoms in total. The number of hydrogen-bond donors (Lipinski definition) is 1. The fourth-order valence-corrected chi connectivity index (χ4v) is 5.03. The molecule has 0 spiro atoms. The Morgan fingerprint density at radius 1 is 1.03 bits per heavy atom. The van der Waals surface area contributed by atoms with Crippen molar-refractivity contribution in [3.05, 3.63) is 45.3 Å². The zero-order valence-corrected chi connectivity index (χ0v) is 20.6. The van der Waals surface area contributed by atoms with Crippen molar-refractivity contribution >= 4 is 51.5 Å². The molecule has 33 heavy (non-hydrogen) atoms. The first-order valence-electron chi connectivity index (χ1n) is 10.8. The third kappa shape index (κ3) is 6.04. The number of esters is 2. The first-order valence-corrected chi connectivity index (χ1v) is 12.0. The third-order valence-electron chi connectivity index (χ3n) is 5.27. The lowest BCUT2D eigenvalue weighted by Crippen LogP contribution is -2.48. The lowest BCUT2D eigenvalue weighted by atomic mass is 10.1. The van der Waals surface area contributed by atoms with Crippen molar-refractivity contribution in [1.82, 2.24) is 4.90 Å². The summed E-state index contributed by atoms with van der Waals surface area (Å²) in [5.41, 5.74) is 1.63. The first-order chi connectivity index (χ1) is 15.8. The number of thiophene rings is 1. The van der Waals surface area contributed by atoms with Crippen LogP contribution in [0.5, 0.6) is 0 Å². The van der Waals surface area contributed by atoms with Crippen molar-refractivity contribution in [3.63, 3.8) is 0 Å². The van der Waals surface area contributed by atoms with E-state index in [1.807, 2.05) is 29.2 Å². The standard InChI is InChI=1S/C23H28ClN3O5S/c1-4-31-22(29)19-15(3)20(23(30)32-5-2)33-21(19)25-18(28)14-26-10-12-27(13-11-26)17-9-7-6-8-16(17)24/h6-9H,4-5,10-14H2,1-3H3,(H,25,28). The minimum Gasteiger partial charge on any atom is -0.462 e. The Kier molecular flexibility index (Phi) is 8.71. The summed E-state index contributed by atoms with van der Waals surface area (Å²) in [6, 6.07) is 7.71. The van der Waals surface area contributed by atoms with E-state index in [1.165, 1.54) is 0 Å². The Balaban J connectivity index is 1.66. The number of carbonyl (C=O) groups is 3. The van der Waals surface area contributed by atoms with Crippen LogP contribution in [0.2, 0.25) is 5.02 Å². The first kappa shape index (κ1) is 25.0. The molecule has 1 aliphatic rings. The summed E-state index contributed by atoms with van der Waals surface area (Å²) in [6.07, 6.45) is 0. The van der Waals surface area contributed by atoms with E-state index in [4.69, 9.17) is 21.1 Å². The molecule has 0 radical (unpaired) electrons. The average molecular weight is 494 g/mol. The van der Waals surface area contributed by atoms with Gasteiger partial charge in [0.15, 0.2) is 0 Å². The molecular weight excluding hydrogens is 466 g/mol. The molecule has 2 heterocycles. The summed E-state index contributed by atoms with van der Waals surface area (Å²) in [5, 5.41) is 3.81. The largest absolute Gasteiger partial charge is 0.462 e. The van der Waals surface area contributed by atoms with Crippen LogP contribution in [0.1, 0.15) is 39.4 Å². The quantitative estimate of drug-likeness (QED) is 0.559. The lowest BCUT2D eigenvalue weighted by molar-refractivity contribution is -0.117. The maximum Gasteiger partial charge on any atom is 0.348 e. The number of piperazine rings is 1. The SMILES string of the molecule is CCOC(=O)c1sc(NC(=O)CN2CCN(c3ccccc3Cl)CC2)c(C(=O)OCC)c1C. The van der Waals surface area contributed by atoms with Gasteiger partial charge in [0, 0.05) is 26.2 Å². The van der Waals surface area contributed by atoms with Gasteiger partial charge in [0.1, 0.15) is 9.88 Å². The maximum atomic E-state index is 12.8. The van der Waals surface area contributed by atoms with E-state index in [1.54, 1.807) is 20.8 Å². The number of ether oxygens (including phenoxy) is 2. The van der Waals surface area contributed by atoms with Gasteiger partial charge in [0.2, 0.25) is 5.91 Å². The van der Waals surface area contributed by atoms with Crippen LogP contribution in [0.3, 0.4) is 0 Å². The summed E-state index contributed by atoms with van der Waals surface area (Å²) in [6.45, 7) is 8.52. The molecule has 0 aliphatic carbocycles. The van der Waals surface area contributed by atoms with Crippen LogP contribution in [-0.4, -0.2) is 68.7 Å². The number of hydrogen-bond acceptors (Lipinski definition) is 8. The highest BCUT2D eigenvalue weighted by Gasteiger charge is 2.28. The molecule has 0 saturated carbocycles. The minimum absolute atomic E-state index is 0.171. The number of anilines is 2. The van der Waals surface area contributed by atoms with Gasteiger partial charge < -0.3 is 19.7 Å². The highest BCUT2D eigenvalue weighted by Crippen LogP contribution is 2.34. The van der Waals surface area contributed by atoms with Crippen LogP contribution in [-0.2, 0) is 14.3 Å². The van der Waals surface area contributed by atoms with Crippen molar-refractivity contribution in [1.29, 1.82) is 0 Å². The number of amides is 1. The van der Waals surface area contributed by atoms with Crippen LogP contribution >= 0.6 is 22.9 Å². The number of rotatable bonds is 8. The molecule has 1 amide bonds. The summed E-state index contributed by atoms with van der Waals surface area (Å²) in [7, 11) is 0. The highest BCUT2D eigenvalue weighted by atomic mass is 35.5. The van der Waals surface area contributed by atoms with Crippen LogP contribution in [0.15, 0.2) is 24.3 Å². The van der Waals surface area contributed by atoms with Gasteiger partial charge in [-0.2, -0.15) is 0 Å². The monoisotopic (exact) mass is 493 g/mol. The molecule has 178 valence electrons. The molecule has 0 unspecified atom stereocenters. The topological polar surface area (TPSA) is 88.2 Å². The third-order valence-corrected chi connectivity index (χ3v) is 6.78. The second-order valence-corrected chi connectivity index (χ2v) is 8.89. The molecule has 10 heteroatoms. The normalized spacial score (nSPS) is 14.1. The maximum absolute atomic E-state index is 12.8. The smallest absolute Gasteiger partial charge is 0.348 e. The van der Waals surface area contributed by atoms with Crippen molar-refractivity contribution in [2.24, 2.45) is 0 Å². The summed E-state index contributed by atoms with van der Waals surface area (Å²) in [4.78, 5) is 42.1. The molecule has 1 fully saturated rings. The second-order valence-electron chi connectivity index (χ2n) is 7.46. The number of benzene rings is 1. The van der Waals surface area contributed by atoms with Gasteiger partial charge in [-0.25, -0.2) is 9.59 Å². The number of nitrogens with one attached hydrogen (secondary N) is 1. The van der Waals surface area contributed by atoms with E-state index >= 15 is 0 Å². The molecule has 3 rings (SSSR count). The van der Waals surface area contributed by atoms with Crippen molar-refractivity contribution < 1.29 is 23.9 Å². The van der Waals surface area contributed by atoms with Gasteiger partial charge in [-0.3, -0.25) is 9.69 Å². The van der Waals surface area contributed by atoms with Gasteiger partial charge in [0.05, 0.1) is 36.0 Å². The van der Waals surface area contributed by atoms with Crippen molar-refractivity contribution in [2.45, 2.75) is 20.8 Å². The van der Waals surface area contributed by atoms with E-state index in [2.05, 4.69) is 10.2 Å². The van der Waals surface area contributed by atoms with Crippen LogP contribution in [0, 0.1) is 6.92 Å². The Hall–Kier alpha value is -2.62. The predicted molar refractivity (Wildman–Crippen MR) is 130 cm³/mol. The van der Waals surface area contributed by atoms with Gasteiger partial charge in [-0.15, -0.1) is 11.3 Å². The summed E-state index contributed by atoms with van der Waals surface area (Å²) >= 11 is 7.33. The Bertz CT molecular complexity index is 1020. The molecule has 1 saturated heterocycles. The minimum atomic E-state index is -0.578. The summed E-state index contributed by atoms with van der Waals surface area (Å²) in [5.74, 6) is -1.37. The zero-order valence-electron chi connectivity index (χ0n) is 19.0. The fourth-order valence-electron chi connectivity index (χ4n) is 3.67. The number of carbonyl (C=O) groups excluding carboxylic acids is 3. The van der Waals surface area contributed by atoms with E-state index in [9.17, 15) is 14.4 Å². The average Bonchev–Trinajstić information content (AvgIpc) is 3.10. The summed E-state index contributed by atoms with van der Waals surface area (Å²) < 4.78 is 10.2. The molecule has 2 aromatic rings. The van der Waals surface area contributed by atoms with Crippen LogP contribution < -0.4 is 10.2 Å². The highest BCUT2D eigenvalue weighted by molar-refractivity contribution is 7.18. The number of halogens is 1. The Morgan fingerprint density at radius 2 is 1.67 bits per heavy atom. The van der Waals surface area contributed by atoms with Gasteiger partial charge in [0.25, 0.3) is 0 Å². The lowest BCUT2D eigenvalue weighted by Gasteiger charge is -2.36.